The molecule has 0 bridgehead atoms. The van der Waals surface area contributed by atoms with Crippen LogP contribution in [-0.2, 0) is 16.8 Å². The largest absolute Gasteiger partial charge is 0.481 e. The Morgan fingerprint density at radius 2 is 2.12 bits per heavy atom. The Morgan fingerprint density at radius 3 is 2.56 bits per heavy atom. The third-order valence-electron chi connectivity index (χ3n) is 3.16. The van der Waals surface area contributed by atoms with E-state index in [2.05, 4.69) is 0 Å². The zero-order valence-corrected chi connectivity index (χ0v) is 10.0. The smallest absolute Gasteiger partial charge is 0.314 e. The number of hydrogen-bond acceptors (Lipinski definition) is 2. The van der Waals surface area contributed by atoms with Gasteiger partial charge in [-0.3, -0.25) is 4.79 Å². The molecule has 1 fully saturated rings. The highest BCUT2D eigenvalue weighted by Crippen LogP contribution is 2.49. The third-order valence-corrected chi connectivity index (χ3v) is 3.16. The molecule has 0 unspecified atom stereocenters. The van der Waals surface area contributed by atoms with E-state index in [4.69, 9.17) is 5.73 Å². The third kappa shape index (κ3) is 1.93. The van der Waals surface area contributed by atoms with Gasteiger partial charge < -0.3 is 10.8 Å². The van der Waals surface area contributed by atoms with Gasteiger partial charge in [-0.15, -0.1) is 12.4 Å². The molecular formula is C12H16ClNO2. The number of carbonyl (C=O) groups is 1. The summed E-state index contributed by atoms with van der Waals surface area (Å²) in [5.74, 6) is -0.721. The van der Waals surface area contributed by atoms with E-state index >= 15 is 0 Å². The van der Waals surface area contributed by atoms with E-state index in [0.717, 1.165) is 29.5 Å². The molecule has 3 N–H and O–H groups in total. The van der Waals surface area contributed by atoms with Gasteiger partial charge in [0.05, 0.1) is 5.41 Å². The number of rotatable bonds is 3. The lowest BCUT2D eigenvalue weighted by Crippen LogP contribution is -2.22. The lowest BCUT2D eigenvalue weighted by atomic mass is 9.90. The van der Waals surface area contributed by atoms with Gasteiger partial charge in [0, 0.05) is 6.54 Å². The summed E-state index contributed by atoms with van der Waals surface area (Å²) in [6.45, 7) is 2.40. The summed E-state index contributed by atoms with van der Waals surface area (Å²) >= 11 is 0. The van der Waals surface area contributed by atoms with Crippen molar-refractivity contribution >= 4 is 18.4 Å². The van der Waals surface area contributed by atoms with Crippen LogP contribution in [0.25, 0.3) is 0 Å². The Morgan fingerprint density at radius 1 is 1.50 bits per heavy atom. The van der Waals surface area contributed by atoms with Crippen molar-refractivity contribution in [1.82, 2.24) is 0 Å². The average Bonchev–Trinajstić information content (AvgIpc) is 2.98. The second-order valence-corrected chi connectivity index (χ2v) is 4.25. The quantitative estimate of drug-likeness (QED) is 0.851. The van der Waals surface area contributed by atoms with Crippen LogP contribution < -0.4 is 5.73 Å². The Hall–Kier alpha value is -1.06. The maximum atomic E-state index is 11.2. The van der Waals surface area contributed by atoms with E-state index < -0.39 is 11.4 Å². The van der Waals surface area contributed by atoms with Crippen molar-refractivity contribution in [2.24, 2.45) is 5.73 Å². The molecule has 0 heterocycles. The average molecular weight is 242 g/mol. The van der Waals surface area contributed by atoms with Gasteiger partial charge >= 0.3 is 5.97 Å². The lowest BCUT2D eigenvalue weighted by Gasteiger charge is -2.15. The second kappa shape index (κ2) is 4.44. The van der Waals surface area contributed by atoms with Crippen LogP contribution in [0.3, 0.4) is 0 Å². The minimum atomic E-state index is -0.721. The summed E-state index contributed by atoms with van der Waals surface area (Å²) < 4.78 is 0. The number of aryl methyl sites for hydroxylation is 1. The number of nitrogens with two attached hydrogens (primary N) is 1. The number of aliphatic carboxylic acids is 1. The van der Waals surface area contributed by atoms with Crippen LogP contribution in [0.5, 0.6) is 0 Å². The van der Waals surface area contributed by atoms with Crippen molar-refractivity contribution in [3.63, 3.8) is 0 Å². The molecular weight excluding hydrogens is 226 g/mol. The molecule has 0 spiro atoms. The molecule has 16 heavy (non-hydrogen) atoms. The van der Waals surface area contributed by atoms with Gasteiger partial charge in [-0.1, -0.05) is 23.8 Å². The molecule has 1 saturated carbocycles. The lowest BCUT2D eigenvalue weighted by molar-refractivity contribution is -0.140. The fourth-order valence-corrected chi connectivity index (χ4v) is 2.08. The van der Waals surface area contributed by atoms with E-state index in [-0.39, 0.29) is 12.4 Å². The van der Waals surface area contributed by atoms with Gasteiger partial charge in [-0.25, -0.2) is 0 Å². The molecule has 1 aliphatic carbocycles. The summed E-state index contributed by atoms with van der Waals surface area (Å²) in [6.07, 6.45) is 1.47. The number of benzene rings is 1. The zero-order valence-electron chi connectivity index (χ0n) is 9.19. The van der Waals surface area contributed by atoms with Crippen LogP contribution in [0.4, 0.5) is 0 Å². The molecule has 0 aliphatic heterocycles. The van der Waals surface area contributed by atoms with E-state index in [0.29, 0.717) is 6.54 Å². The van der Waals surface area contributed by atoms with Crippen LogP contribution in [0.2, 0.25) is 0 Å². The number of halogens is 1. The summed E-state index contributed by atoms with van der Waals surface area (Å²) in [5, 5.41) is 9.21. The summed E-state index contributed by atoms with van der Waals surface area (Å²) in [7, 11) is 0. The SMILES string of the molecule is Cc1ccc(C2(C(=O)O)CC2)c(CN)c1.Cl. The molecule has 0 radical (unpaired) electrons. The van der Waals surface area contributed by atoms with Crippen molar-refractivity contribution in [3.8, 4) is 0 Å². The van der Waals surface area contributed by atoms with E-state index in [9.17, 15) is 9.90 Å². The van der Waals surface area contributed by atoms with Crippen LogP contribution >= 0.6 is 12.4 Å². The first-order valence-corrected chi connectivity index (χ1v) is 5.13. The Kier molecular flexibility index (Phi) is 3.61. The van der Waals surface area contributed by atoms with Gasteiger partial charge in [0.25, 0.3) is 0 Å². The van der Waals surface area contributed by atoms with Crippen molar-refractivity contribution in [2.45, 2.75) is 31.7 Å². The number of carboxylic acid groups (broad SMARTS) is 1. The Bertz CT molecular complexity index is 413. The van der Waals surface area contributed by atoms with Gasteiger partial charge in [0.15, 0.2) is 0 Å². The molecule has 0 atom stereocenters. The van der Waals surface area contributed by atoms with Crippen LogP contribution in [0.1, 0.15) is 29.5 Å². The highest BCUT2D eigenvalue weighted by molar-refractivity contribution is 5.85. The van der Waals surface area contributed by atoms with Gasteiger partial charge in [0.1, 0.15) is 0 Å². The molecule has 3 nitrogen and oxygen atoms in total. The molecule has 1 aromatic carbocycles. The molecule has 1 aliphatic rings. The van der Waals surface area contributed by atoms with Crippen molar-refractivity contribution in [2.75, 3.05) is 0 Å². The van der Waals surface area contributed by atoms with Crippen molar-refractivity contribution in [1.29, 1.82) is 0 Å². The molecule has 4 heteroatoms. The number of hydrogen-bond donors (Lipinski definition) is 2. The monoisotopic (exact) mass is 241 g/mol. The maximum absolute atomic E-state index is 11.2. The topological polar surface area (TPSA) is 63.3 Å². The molecule has 0 aromatic heterocycles. The van der Waals surface area contributed by atoms with Crippen molar-refractivity contribution in [3.05, 3.63) is 34.9 Å². The zero-order chi connectivity index (χ0) is 11.1. The fourth-order valence-electron chi connectivity index (χ4n) is 2.08. The highest BCUT2D eigenvalue weighted by Gasteiger charge is 2.52. The van der Waals surface area contributed by atoms with E-state index in [1.165, 1.54) is 0 Å². The predicted molar refractivity (Wildman–Crippen MR) is 64.9 cm³/mol. The van der Waals surface area contributed by atoms with Gasteiger partial charge in [0.2, 0.25) is 0 Å². The minimum absolute atomic E-state index is 0. The Labute approximate surface area is 101 Å². The van der Waals surface area contributed by atoms with Gasteiger partial charge in [-0.05, 0) is 30.9 Å². The first-order chi connectivity index (χ1) is 7.10. The van der Waals surface area contributed by atoms with Crippen LogP contribution in [0, 0.1) is 6.92 Å². The highest BCUT2D eigenvalue weighted by atomic mass is 35.5. The first kappa shape index (κ1) is 13.0. The van der Waals surface area contributed by atoms with Crippen molar-refractivity contribution < 1.29 is 9.90 Å². The summed E-state index contributed by atoms with van der Waals surface area (Å²) in [4.78, 5) is 11.2. The molecule has 88 valence electrons. The normalized spacial score (nSPS) is 16.4. The Balaban J connectivity index is 0.00000128. The molecule has 1 aromatic rings. The summed E-state index contributed by atoms with van der Waals surface area (Å²) in [5.41, 5.74) is 8.01. The number of carboxylic acids is 1. The van der Waals surface area contributed by atoms with Crippen LogP contribution in [-0.4, -0.2) is 11.1 Å². The summed E-state index contributed by atoms with van der Waals surface area (Å²) in [6, 6.07) is 5.86. The van der Waals surface area contributed by atoms with E-state index in [1.807, 2.05) is 25.1 Å². The standard InChI is InChI=1S/C12H15NO2.ClH/c1-8-2-3-10(9(6-8)7-13)12(4-5-12)11(14)15;/h2-3,6H,4-5,7,13H2,1H3,(H,14,15);1H. The van der Waals surface area contributed by atoms with E-state index in [1.54, 1.807) is 0 Å². The fraction of sp³-hybridized carbons (Fsp3) is 0.417. The first-order valence-electron chi connectivity index (χ1n) is 5.13. The molecule has 0 saturated heterocycles. The molecule has 0 amide bonds. The predicted octanol–water partition coefficient (Wildman–Crippen LogP) is 1.99. The van der Waals surface area contributed by atoms with Crippen LogP contribution in [0.15, 0.2) is 18.2 Å². The second-order valence-electron chi connectivity index (χ2n) is 4.25. The maximum Gasteiger partial charge on any atom is 0.314 e. The van der Waals surface area contributed by atoms with Gasteiger partial charge in [-0.2, -0.15) is 0 Å². The minimum Gasteiger partial charge on any atom is -0.481 e. The molecule has 2 rings (SSSR count).